The number of amides is 1. The molecule has 1 fully saturated rings. The van der Waals surface area contributed by atoms with Crippen LogP contribution in [0.1, 0.15) is 26.7 Å². The summed E-state index contributed by atoms with van der Waals surface area (Å²) in [5, 5.41) is 2.89. The highest BCUT2D eigenvalue weighted by Gasteiger charge is 2.22. The first-order chi connectivity index (χ1) is 8.76. The van der Waals surface area contributed by atoms with Crippen molar-refractivity contribution in [3.8, 4) is 0 Å². The van der Waals surface area contributed by atoms with E-state index >= 15 is 0 Å². The van der Waals surface area contributed by atoms with Crippen molar-refractivity contribution in [2.24, 2.45) is 5.92 Å². The lowest BCUT2D eigenvalue weighted by molar-refractivity contribution is -0.122. The molecule has 0 spiro atoms. The molecule has 2 N–H and O–H groups in total. The Morgan fingerprint density at radius 1 is 1.32 bits per heavy atom. The van der Waals surface area contributed by atoms with Crippen LogP contribution in [0.15, 0.2) is 0 Å². The number of hydrogen-bond acceptors (Lipinski definition) is 4. The Labute approximate surface area is 116 Å². The molecule has 1 saturated heterocycles. The number of carbonyl (C=O) groups is 1. The maximum atomic E-state index is 11.7. The van der Waals surface area contributed by atoms with Gasteiger partial charge in [0.15, 0.2) is 0 Å². The van der Waals surface area contributed by atoms with Gasteiger partial charge in [-0.25, -0.2) is 13.1 Å². The number of piperidine rings is 1. The number of hydrogen-bond donors (Lipinski definition) is 2. The molecule has 0 atom stereocenters. The monoisotopic (exact) mass is 291 g/mol. The lowest BCUT2D eigenvalue weighted by Gasteiger charge is -2.31. The van der Waals surface area contributed by atoms with E-state index in [0.717, 1.165) is 25.9 Å². The Hall–Kier alpha value is -0.660. The molecule has 1 aliphatic rings. The minimum atomic E-state index is -3.13. The van der Waals surface area contributed by atoms with Crippen LogP contribution in [0.3, 0.4) is 0 Å². The van der Waals surface area contributed by atoms with Crippen LogP contribution in [0.25, 0.3) is 0 Å². The molecule has 19 heavy (non-hydrogen) atoms. The predicted molar refractivity (Wildman–Crippen MR) is 75.3 cm³/mol. The van der Waals surface area contributed by atoms with Crippen LogP contribution in [0.2, 0.25) is 0 Å². The number of nitrogens with one attached hydrogen (secondary N) is 2. The van der Waals surface area contributed by atoms with Gasteiger partial charge >= 0.3 is 0 Å². The quantitative estimate of drug-likeness (QED) is 0.709. The number of sulfonamides is 1. The molecule has 0 unspecified atom stereocenters. The van der Waals surface area contributed by atoms with Gasteiger partial charge in [0.2, 0.25) is 15.9 Å². The molecular formula is C12H25N3O3S. The molecular weight excluding hydrogens is 266 g/mol. The lowest BCUT2D eigenvalue weighted by atomic mass is 10.1. The number of nitrogens with zero attached hydrogens (tertiary/aromatic N) is 1. The fourth-order valence-corrected chi connectivity index (χ4v) is 2.93. The first-order valence-corrected chi connectivity index (χ1v) is 8.62. The minimum absolute atomic E-state index is 0.00461. The van der Waals surface area contributed by atoms with E-state index in [1.165, 1.54) is 6.26 Å². The molecule has 6 nitrogen and oxygen atoms in total. The van der Waals surface area contributed by atoms with Crippen LogP contribution in [-0.2, 0) is 14.8 Å². The molecule has 7 heteroatoms. The van der Waals surface area contributed by atoms with Crippen LogP contribution in [-0.4, -0.2) is 57.7 Å². The molecule has 0 bridgehead atoms. The van der Waals surface area contributed by atoms with Gasteiger partial charge in [-0.15, -0.1) is 0 Å². The molecule has 112 valence electrons. The number of rotatable bonds is 6. The summed E-state index contributed by atoms with van der Waals surface area (Å²) >= 11 is 0. The summed E-state index contributed by atoms with van der Waals surface area (Å²) in [5.74, 6) is 0.497. The van der Waals surface area contributed by atoms with Crippen molar-refractivity contribution in [1.29, 1.82) is 0 Å². The first kappa shape index (κ1) is 16.4. The van der Waals surface area contributed by atoms with Crippen molar-refractivity contribution in [2.75, 3.05) is 32.4 Å². The standard InChI is InChI=1S/C12H25N3O3S/c1-10(2)8-13-12(16)9-15-6-4-11(5-7-15)14-19(3,17)18/h10-11,14H,4-9H2,1-3H3,(H,13,16). The van der Waals surface area contributed by atoms with Gasteiger partial charge in [-0.3, -0.25) is 9.69 Å². The third kappa shape index (κ3) is 7.49. The van der Waals surface area contributed by atoms with Crippen LogP contribution in [0.4, 0.5) is 0 Å². The molecule has 0 aromatic carbocycles. The summed E-state index contributed by atoms with van der Waals surface area (Å²) in [7, 11) is -3.13. The van der Waals surface area contributed by atoms with Crippen LogP contribution >= 0.6 is 0 Å². The molecule has 1 amide bonds. The van der Waals surface area contributed by atoms with E-state index in [1.54, 1.807) is 0 Å². The maximum Gasteiger partial charge on any atom is 0.234 e. The lowest BCUT2D eigenvalue weighted by Crippen LogP contribution is -2.47. The highest BCUT2D eigenvalue weighted by molar-refractivity contribution is 7.88. The topological polar surface area (TPSA) is 78.5 Å². The maximum absolute atomic E-state index is 11.7. The second-order valence-electron chi connectivity index (χ2n) is 5.64. The highest BCUT2D eigenvalue weighted by Crippen LogP contribution is 2.10. The summed E-state index contributed by atoms with van der Waals surface area (Å²) in [5.41, 5.74) is 0. The van der Waals surface area contributed by atoms with Crippen LogP contribution in [0.5, 0.6) is 0 Å². The van der Waals surface area contributed by atoms with Gasteiger partial charge in [0.25, 0.3) is 0 Å². The van der Waals surface area contributed by atoms with Crippen molar-refractivity contribution in [3.63, 3.8) is 0 Å². The Morgan fingerprint density at radius 2 is 1.89 bits per heavy atom. The fourth-order valence-electron chi connectivity index (χ4n) is 2.09. The Morgan fingerprint density at radius 3 is 2.37 bits per heavy atom. The molecule has 1 rings (SSSR count). The van der Waals surface area contributed by atoms with Crippen molar-refractivity contribution < 1.29 is 13.2 Å². The number of likely N-dealkylation sites (tertiary alicyclic amines) is 1. The summed E-state index contributed by atoms with van der Waals surface area (Å²) in [6, 6.07) is 0.00461. The van der Waals surface area contributed by atoms with Crippen LogP contribution < -0.4 is 10.0 Å². The molecule has 0 aliphatic carbocycles. The van der Waals surface area contributed by atoms with Crippen molar-refractivity contribution in [3.05, 3.63) is 0 Å². The predicted octanol–water partition coefficient (Wildman–Crippen LogP) is -0.228. The van der Waals surface area contributed by atoms with Crippen molar-refractivity contribution in [1.82, 2.24) is 14.9 Å². The molecule has 1 aliphatic heterocycles. The smallest absolute Gasteiger partial charge is 0.234 e. The molecule has 0 saturated carbocycles. The van der Waals surface area contributed by atoms with Gasteiger partial charge < -0.3 is 5.32 Å². The summed E-state index contributed by atoms with van der Waals surface area (Å²) < 4.78 is 24.9. The van der Waals surface area contributed by atoms with Crippen molar-refractivity contribution >= 4 is 15.9 Å². The first-order valence-electron chi connectivity index (χ1n) is 6.72. The third-order valence-electron chi connectivity index (χ3n) is 3.04. The van der Waals surface area contributed by atoms with E-state index in [4.69, 9.17) is 0 Å². The van der Waals surface area contributed by atoms with Crippen molar-refractivity contribution in [2.45, 2.75) is 32.7 Å². The Kier molecular flexibility index (Phi) is 6.22. The van der Waals surface area contributed by atoms with Gasteiger partial charge in [0.05, 0.1) is 12.8 Å². The van der Waals surface area contributed by atoms with E-state index in [2.05, 4.69) is 28.8 Å². The summed E-state index contributed by atoms with van der Waals surface area (Å²) in [6.45, 7) is 6.72. The van der Waals surface area contributed by atoms with E-state index < -0.39 is 10.0 Å². The third-order valence-corrected chi connectivity index (χ3v) is 3.80. The van der Waals surface area contributed by atoms with Crippen LogP contribution in [0, 0.1) is 5.92 Å². The molecule has 0 radical (unpaired) electrons. The van der Waals surface area contributed by atoms with E-state index in [-0.39, 0.29) is 11.9 Å². The normalized spacial score (nSPS) is 18.7. The second kappa shape index (κ2) is 7.21. The van der Waals surface area contributed by atoms with E-state index in [1.807, 2.05) is 0 Å². The largest absolute Gasteiger partial charge is 0.355 e. The molecule has 0 aromatic heterocycles. The Bertz CT molecular complexity index is 387. The van der Waals surface area contributed by atoms with E-state index in [9.17, 15) is 13.2 Å². The Balaban J connectivity index is 2.25. The average molecular weight is 291 g/mol. The van der Waals surface area contributed by atoms with Gasteiger partial charge in [0, 0.05) is 25.7 Å². The van der Waals surface area contributed by atoms with Gasteiger partial charge in [0.1, 0.15) is 0 Å². The average Bonchev–Trinajstić information content (AvgIpc) is 2.27. The molecule has 0 aromatic rings. The zero-order valence-corrected chi connectivity index (χ0v) is 12.8. The van der Waals surface area contributed by atoms with Gasteiger partial charge in [-0.2, -0.15) is 0 Å². The molecule has 1 heterocycles. The van der Waals surface area contributed by atoms with E-state index in [0.29, 0.717) is 19.0 Å². The zero-order chi connectivity index (χ0) is 14.5. The fraction of sp³-hybridized carbons (Fsp3) is 0.917. The minimum Gasteiger partial charge on any atom is -0.355 e. The summed E-state index contributed by atoms with van der Waals surface area (Å²) in [6.07, 6.45) is 2.69. The highest BCUT2D eigenvalue weighted by atomic mass is 32.2. The van der Waals surface area contributed by atoms with Gasteiger partial charge in [-0.1, -0.05) is 13.8 Å². The van der Waals surface area contributed by atoms with Gasteiger partial charge in [-0.05, 0) is 18.8 Å². The number of carbonyl (C=O) groups excluding carboxylic acids is 1. The summed E-state index contributed by atoms with van der Waals surface area (Å²) in [4.78, 5) is 13.7. The zero-order valence-electron chi connectivity index (χ0n) is 12.0. The SMILES string of the molecule is CC(C)CNC(=O)CN1CCC(NS(C)(=O)=O)CC1. The second-order valence-corrected chi connectivity index (χ2v) is 7.42.